The van der Waals surface area contributed by atoms with Crippen molar-refractivity contribution in [2.45, 2.75) is 29.3 Å². The molecule has 8 nitrogen and oxygen atoms in total. The standard InChI is InChI=1S/C22H25N5O3S2/c1-26-20(15-17-7-3-2-4-8-17)24-25-22(26)31-16-21(28)23-18-9-11-19(12-10-18)32(29,30)27-13-5-6-14-27/h2-4,7-12H,5-6,13-16H2,1H3,(H,23,28). The number of carbonyl (C=O) groups excluding carboxylic acids is 1. The fourth-order valence-corrected chi connectivity index (χ4v) is 5.77. The van der Waals surface area contributed by atoms with Crippen LogP contribution in [0.4, 0.5) is 5.69 Å². The van der Waals surface area contributed by atoms with Gasteiger partial charge in [0.05, 0.1) is 10.6 Å². The van der Waals surface area contributed by atoms with Crippen molar-refractivity contribution in [2.75, 3.05) is 24.2 Å². The first kappa shape index (κ1) is 22.5. The molecule has 0 unspecified atom stereocenters. The normalized spacial score (nSPS) is 14.5. The second-order valence-electron chi connectivity index (χ2n) is 7.59. The molecule has 32 heavy (non-hydrogen) atoms. The minimum Gasteiger partial charge on any atom is -0.325 e. The Morgan fingerprint density at radius 1 is 1.03 bits per heavy atom. The number of benzene rings is 2. The van der Waals surface area contributed by atoms with Crippen molar-refractivity contribution in [3.05, 3.63) is 66.0 Å². The Labute approximate surface area is 192 Å². The van der Waals surface area contributed by atoms with Crippen LogP contribution in [0.5, 0.6) is 0 Å². The molecule has 1 aliphatic rings. The first-order chi connectivity index (χ1) is 15.4. The van der Waals surface area contributed by atoms with Gasteiger partial charge in [0.25, 0.3) is 0 Å². The van der Waals surface area contributed by atoms with E-state index in [0.29, 0.717) is 30.4 Å². The number of carbonyl (C=O) groups is 1. The van der Waals surface area contributed by atoms with E-state index in [4.69, 9.17) is 0 Å². The fraction of sp³-hybridized carbons (Fsp3) is 0.318. The van der Waals surface area contributed by atoms with E-state index in [2.05, 4.69) is 15.5 Å². The van der Waals surface area contributed by atoms with Crippen LogP contribution < -0.4 is 5.32 Å². The van der Waals surface area contributed by atoms with Crippen LogP contribution in [0, 0.1) is 0 Å². The van der Waals surface area contributed by atoms with Crippen molar-refractivity contribution < 1.29 is 13.2 Å². The molecule has 1 aliphatic heterocycles. The average Bonchev–Trinajstić information content (AvgIpc) is 3.45. The molecule has 2 aromatic carbocycles. The van der Waals surface area contributed by atoms with E-state index < -0.39 is 10.0 Å². The van der Waals surface area contributed by atoms with Crippen LogP contribution in [0.15, 0.2) is 64.6 Å². The SMILES string of the molecule is Cn1c(Cc2ccccc2)nnc1SCC(=O)Nc1ccc(S(=O)(=O)N2CCCC2)cc1. The molecule has 3 aromatic rings. The number of amides is 1. The predicted molar refractivity (Wildman–Crippen MR) is 124 cm³/mol. The largest absolute Gasteiger partial charge is 0.325 e. The third-order valence-corrected chi connectivity index (χ3v) is 8.24. The third-order valence-electron chi connectivity index (χ3n) is 5.30. The second kappa shape index (κ2) is 9.85. The average molecular weight is 472 g/mol. The summed E-state index contributed by atoms with van der Waals surface area (Å²) in [6.45, 7) is 1.13. The van der Waals surface area contributed by atoms with E-state index in [1.54, 1.807) is 12.1 Å². The van der Waals surface area contributed by atoms with Gasteiger partial charge in [-0.05, 0) is 42.7 Å². The summed E-state index contributed by atoms with van der Waals surface area (Å²) in [5.41, 5.74) is 1.70. The topological polar surface area (TPSA) is 97.2 Å². The molecule has 1 N–H and O–H groups in total. The van der Waals surface area contributed by atoms with Crippen LogP contribution in [0.3, 0.4) is 0 Å². The summed E-state index contributed by atoms with van der Waals surface area (Å²) in [4.78, 5) is 12.6. The lowest BCUT2D eigenvalue weighted by atomic mass is 10.1. The molecule has 0 aliphatic carbocycles. The Hall–Kier alpha value is -2.69. The van der Waals surface area contributed by atoms with E-state index in [9.17, 15) is 13.2 Å². The van der Waals surface area contributed by atoms with Crippen molar-refractivity contribution >= 4 is 33.4 Å². The molecule has 2 heterocycles. The highest BCUT2D eigenvalue weighted by atomic mass is 32.2. The van der Waals surface area contributed by atoms with Crippen LogP contribution in [-0.4, -0.2) is 52.2 Å². The summed E-state index contributed by atoms with van der Waals surface area (Å²) in [7, 11) is -1.57. The molecule has 1 fully saturated rings. The van der Waals surface area contributed by atoms with Gasteiger partial charge < -0.3 is 9.88 Å². The lowest BCUT2D eigenvalue weighted by Crippen LogP contribution is -2.27. The summed E-state index contributed by atoms with van der Waals surface area (Å²) in [6.07, 6.45) is 2.46. The van der Waals surface area contributed by atoms with Crippen molar-refractivity contribution in [3.8, 4) is 0 Å². The highest BCUT2D eigenvalue weighted by molar-refractivity contribution is 7.99. The van der Waals surface area contributed by atoms with Crippen LogP contribution in [0.1, 0.15) is 24.2 Å². The van der Waals surface area contributed by atoms with Gasteiger partial charge in [0.2, 0.25) is 15.9 Å². The van der Waals surface area contributed by atoms with Crippen LogP contribution in [-0.2, 0) is 28.3 Å². The van der Waals surface area contributed by atoms with Gasteiger partial charge >= 0.3 is 0 Å². The quantitative estimate of drug-likeness (QED) is 0.508. The van der Waals surface area contributed by atoms with E-state index in [1.165, 1.54) is 28.2 Å². The summed E-state index contributed by atoms with van der Waals surface area (Å²) in [6, 6.07) is 16.3. The van der Waals surface area contributed by atoms with Gasteiger partial charge in [0, 0.05) is 32.2 Å². The van der Waals surface area contributed by atoms with Crippen LogP contribution >= 0.6 is 11.8 Å². The van der Waals surface area contributed by atoms with E-state index in [0.717, 1.165) is 24.2 Å². The zero-order valence-electron chi connectivity index (χ0n) is 17.8. The molecule has 1 amide bonds. The lowest BCUT2D eigenvalue weighted by molar-refractivity contribution is -0.113. The molecule has 0 spiro atoms. The number of sulfonamides is 1. The van der Waals surface area contributed by atoms with E-state index in [1.807, 2.05) is 41.9 Å². The molecule has 168 valence electrons. The number of thioether (sulfide) groups is 1. The Bertz CT molecular complexity index is 1170. The summed E-state index contributed by atoms with van der Waals surface area (Å²) in [5.74, 6) is 0.803. The van der Waals surface area contributed by atoms with Crippen molar-refractivity contribution in [2.24, 2.45) is 7.05 Å². The van der Waals surface area contributed by atoms with Gasteiger partial charge in [0.1, 0.15) is 5.82 Å². The van der Waals surface area contributed by atoms with Crippen molar-refractivity contribution in [1.82, 2.24) is 19.1 Å². The number of anilines is 1. The summed E-state index contributed by atoms with van der Waals surface area (Å²) in [5, 5.41) is 11.9. The Morgan fingerprint density at radius 2 is 1.72 bits per heavy atom. The van der Waals surface area contributed by atoms with E-state index in [-0.39, 0.29) is 16.6 Å². The monoisotopic (exact) mass is 471 g/mol. The number of nitrogens with zero attached hydrogens (tertiary/aromatic N) is 4. The second-order valence-corrected chi connectivity index (χ2v) is 10.5. The molecule has 0 radical (unpaired) electrons. The maximum Gasteiger partial charge on any atom is 0.243 e. The van der Waals surface area contributed by atoms with Gasteiger partial charge in [-0.25, -0.2) is 8.42 Å². The number of hydrogen-bond acceptors (Lipinski definition) is 6. The molecule has 1 aromatic heterocycles. The number of aromatic nitrogens is 3. The smallest absolute Gasteiger partial charge is 0.243 e. The highest BCUT2D eigenvalue weighted by Crippen LogP contribution is 2.23. The minimum absolute atomic E-state index is 0.172. The van der Waals surface area contributed by atoms with Gasteiger partial charge in [-0.15, -0.1) is 10.2 Å². The van der Waals surface area contributed by atoms with Crippen LogP contribution in [0.25, 0.3) is 0 Å². The molecule has 4 rings (SSSR count). The molecule has 10 heteroatoms. The minimum atomic E-state index is -3.46. The molecular weight excluding hydrogens is 446 g/mol. The number of rotatable bonds is 8. The highest BCUT2D eigenvalue weighted by Gasteiger charge is 2.26. The first-order valence-corrected chi connectivity index (χ1v) is 12.8. The fourth-order valence-electron chi connectivity index (χ4n) is 3.52. The van der Waals surface area contributed by atoms with Crippen molar-refractivity contribution in [1.29, 1.82) is 0 Å². The van der Waals surface area contributed by atoms with Gasteiger partial charge in [-0.1, -0.05) is 42.1 Å². The zero-order chi connectivity index (χ0) is 22.6. The maximum atomic E-state index is 12.6. The van der Waals surface area contributed by atoms with E-state index >= 15 is 0 Å². The Kier molecular flexibility index (Phi) is 6.92. The van der Waals surface area contributed by atoms with Gasteiger partial charge in [-0.2, -0.15) is 4.31 Å². The summed E-state index contributed by atoms with van der Waals surface area (Å²) >= 11 is 1.30. The van der Waals surface area contributed by atoms with Crippen LogP contribution in [0.2, 0.25) is 0 Å². The predicted octanol–water partition coefficient (Wildman–Crippen LogP) is 2.92. The lowest BCUT2D eigenvalue weighted by Gasteiger charge is -2.15. The molecule has 0 bridgehead atoms. The van der Waals surface area contributed by atoms with Crippen molar-refractivity contribution in [3.63, 3.8) is 0 Å². The molecule has 1 saturated heterocycles. The van der Waals surface area contributed by atoms with Gasteiger partial charge in [-0.3, -0.25) is 4.79 Å². The maximum absolute atomic E-state index is 12.6. The zero-order valence-corrected chi connectivity index (χ0v) is 19.4. The first-order valence-electron chi connectivity index (χ1n) is 10.4. The summed E-state index contributed by atoms with van der Waals surface area (Å²) < 4.78 is 28.6. The third kappa shape index (κ3) is 5.20. The molecule has 0 atom stereocenters. The Balaban J connectivity index is 1.31. The number of hydrogen-bond donors (Lipinski definition) is 1. The number of nitrogens with one attached hydrogen (secondary N) is 1. The Morgan fingerprint density at radius 3 is 2.41 bits per heavy atom. The van der Waals surface area contributed by atoms with Gasteiger partial charge in [0.15, 0.2) is 5.16 Å². The molecule has 0 saturated carbocycles. The molecular formula is C22H25N5O3S2.